The highest BCUT2D eigenvalue weighted by atomic mass is 16.7. The highest BCUT2D eigenvalue weighted by Crippen LogP contribution is 2.31. The molecule has 1 spiro atoms. The van der Waals surface area contributed by atoms with E-state index in [1.807, 2.05) is 35.9 Å². The first kappa shape index (κ1) is 19.7. The lowest BCUT2D eigenvalue weighted by Crippen LogP contribution is -2.47. The molecular weight excluding hydrogens is 370 g/mol. The lowest BCUT2D eigenvalue weighted by Gasteiger charge is -2.37. The zero-order chi connectivity index (χ0) is 20.3. The number of amides is 1. The van der Waals surface area contributed by atoms with Gasteiger partial charge in [-0.2, -0.15) is 0 Å². The summed E-state index contributed by atoms with van der Waals surface area (Å²) in [5, 5.41) is 0. The van der Waals surface area contributed by atoms with Gasteiger partial charge in [-0.25, -0.2) is 9.97 Å². The third kappa shape index (κ3) is 4.54. The molecule has 0 N–H and O–H groups in total. The first-order valence-electron chi connectivity index (χ1n) is 10.1. The summed E-state index contributed by atoms with van der Waals surface area (Å²) in [5.74, 6) is 0.0157. The van der Waals surface area contributed by atoms with E-state index in [2.05, 4.69) is 15.0 Å². The largest absolute Gasteiger partial charge is 0.347 e. The molecule has 0 aromatic carbocycles. The predicted octanol–water partition coefficient (Wildman–Crippen LogP) is 1.84. The van der Waals surface area contributed by atoms with Crippen molar-refractivity contribution in [2.45, 2.75) is 32.0 Å². The van der Waals surface area contributed by atoms with E-state index in [1.54, 1.807) is 18.5 Å². The molecule has 0 atom stereocenters. The van der Waals surface area contributed by atoms with Crippen molar-refractivity contribution in [3.8, 4) is 0 Å². The van der Waals surface area contributed by atoms with Crippen LogP contribution >= 0.6 is 0 Å². The molecule has 2 aromatic rings. The molecule has 0 unspecified atom stereocenters. The first-order chi connectivity index (χ1) is 14.0. The average molecular weight is 397 g/mol. The van der Waals surface area contributed by atoms with Crippen molar-refractivity contribution < 1.29 is 14.3 Å². The van der Waals surface area contributed by atoms with Crippen LogP contribution in [-0.4, -0.2) is 71.4 Å². The molecule has 0 bridgehead atoms. The third-order valence-corrected chi connectivity index (χ3v) is 5.51. The number of ether oxygens (including phenoxy) is 2. The Balaban J connectivity index is 1.41. The molecule has 1 amide bonds. The van der Waals surface area contributed by atoms with Gasteiger partial charge in [0.2, 0.25) is 5.95 Å². The van der Waals surface area contributed by atoms with Crippen molar-refractivity contribution in [1.82, 2.24) is 19.9 Å². The monoisotopic (exact) mass is 397 g/mol. The Kier molecular flexibility index (Phi) is 5.73. The Hall–Kier alpha value is -2.58. The predicted molar refractivity (Wildman–Crippen MR) is 108 cm³/mol. The molecule has 0 aliphatic carbocycles. The summed E-state index contributed by atoms with van der Waals surface area (Å²) in [6, 6.07) is 5.76. The Morgan fingerprint density at radius 2 is 1.86 bits per heavy atom. The minimum atomic E-state index is -0.489. The van der Waals surface area contributed by atoms with E-state index < -0.39 is 5.79 Å². The van der Waals surface area contributed by atoms with Gasteiger partial charge in [0, 0.05) is 57.6 Å². The molecule has 4 heterocycles. The maximum atomic E-state index is 13.0. The molecule has 8 nitrogen and oxygen atoms in total. The number of carbonyl (C=O) groups is 1. The van der Waals surface area contributed by atoms with Crippen LogP contribution in [0.15, 0.2) is 30.6 Å². The van der Waals surface area contributed by atoms with Crippen LogP contribution in [0.1, 0.15) is 34.6 Å². The van der Waals surface area contributed by atoms with E-state index in [1.165, 1.54) is 5.56 Å². The number of carbonyl (C=O) groups excluding carboxylic acids is 1. The topological polar surface area (TPSA) is 80.7 Å². The standard InChI is InChI=1S/C21H27N5O3/c1-16-15-18(19(27)26-11-6-21(7-12-26)28-13-14-29-21)24-20(23-16)25(2)10-5-17-3-8-22-9-4-17/h3-4,8-9,15H,5-7,10-14H2,1-2H3. The number of piperidine rings is 1. The van der Waals surface area contributed by atoms with Gasteiger partial charge in [-0.3, -0.25) is 9.78 Å². The SMILES string of the molecule is Cc1cc(C(=O)N2CCC3(CC2)OCCO3)nc(N(C)CCc2ccncc2)n1. The summed E-state index contributed by atoms with van der Waals surface area (Å²) in [6.45, 7) is 5.12. The fourth-order valence-electron chi connectivity index (χ4n) is 3.78. The van der Waals surface area contributed by atoms with Gasteiger partial charge in [0.1, 0.15) is 5.69 Å². The van der Waals surface area contributed by atoms with Gasteiger partial charge in [0.15, 0.2) is 5.79 Å². The maximum absolute atomic E-state index is 13.0. The van der Waals surface area contributed by atoms with Crippen LogP contribution in [0.3, 0.4) is 0 Å². The van der Waals surface area contributed by atoms with Crippen LogP contribution in [0.2, 0.25) is 0 Å². The number of likely N-dealkylation sites (N-methyl/N-ethyl adjacent to an activating group) is 1. The van der Waals surface area contributed by atoms with E-state index in [0.29, 0.717) is 50.8 Å². The van der Waals surface area contributed by atoms with Crippen LogP contribution in [-0.2, 0) is 15.9 Å². The van der Waals surface area contributed by atoms with E-state index in [-0.39, 0.29) is 5.91 Å². The van der Waals surface area contributed by atoms with Crippen LogP contribution in [0.25, 0.3) is 0 Å². The van der Waals surface area contributed by atoms with Crippen molar-refractivity contribution in [2.75, 3.05) is 44.8 Å². The molecule has 8 heteroatoms. The normalized spacial score (nSPS) is 18.2. The number of aryl methyl sites for hydroxylation is 1. The highest BCUT2D eigenvalue weighted by molar-refractivity contribution is 5.92. The van der Waals surface area contributed by atoms with E-state index in [4.69, 9.17) is 9.47 Å². The number of hydrogen-bond donors (Lipinski definition) is 0. The van der Waals surface area contributed by atoms with Crippen molar-refractivity contribution in [3.05, 3.63) is 47.5 Å². The smallest absolute Gasteiger partial charge is 0.272 e. The maximum Gasteiger partial charge on any atom is 0.272 e. The Morgan fingerprint density at radius 3 is 2.55 bits per heavy atom. The second-order valence-electron chi connectivity index (χ2n) is 7.62. The van der Waals surface area contributed by atoms with Crippen molar-refractivity contribution >= 4 is 11.9 Å². The zero-order valence-electron chi connectivity index (χ0n) is 17.0. The van der Waals surface area contributed by atoms with E-state index >= 15 is 0 Å². The van der Waals surface area contributed by atoms with E-state index in [9.17, 15) is 4.79 Å². The molecule has 4 rings (SSSR count). The van der Waals surface area contributed by atoms with Crippen LogP contribution in [0.4, 0.5) is 5.95 Å². The minimum Gasteiger partial charge on any atom is -0.347 e. The van der Waals surface area contributed by atoms with Gasteiger partial charge in [-0.1, -0.05) is 0 Å². The van der Waals surface area contributed by atoms with Gasteiger partial charge in [0.05, 0.1) is 13.2 Å². The molecule has 2 fully saturated rings. The summed E-state index contributed by atoms with van der Waals surface area (Å²) < 4.78 is 11.5. The molecule has 154 valence electrons. The minimum absolute atomic E-state index is 0.0628. The molecule has 2 aliphatic heterocycles. The number of anilines is 1. The van der Waals surface area contributed by atoms with Crippen molar-refractivity contribution in [3.63, 3.8) is 0 Å². The number of hydrogen-bond acceptors (Lipinski definition) is 7. The third-order valence-electron chi connectivity index (χ3n) is 5.51. The van der Waals surface area contributed by atoms with Gasteiger partial charge >= 0.3 is 0 Å². The Labute approximate surface area is 170 Å². The Bertz CT molecular complexity index is 845. The highest BCUT2D eigenvalue weighted by Gasteiger charge is 2.41. The lowest BCUT2D eigenvalue weighted by atomic mass is 10.0. The number of aromatic nitrogens is 3. The van der Waals surface area contributed by atoms with Crippen molar-refractivity contribution in [1.29, 1.82) is 0 Å². The van der Waals surface area contributed by atoms with Gasteiger partial charge in [-0.15, -0.1) is 0 Å². The summed E-state index contributed by atoms with van der Waals surface area (Å²) in [4.78, 5) is 30.0. The molecule has 0 saturated carbocycles. The number of pyridine rings is 1. The van der Waals surface area contributed by atoms with E-state index in [0.717, 1.165) is 18.7 Å². The number of rotatable bonds is 5. The quantitative estimate of drug-likeness (QED) is 0.761. The summed E-state index contributed by atoms with van der Waals surface area (Å²) in [7, 11) is 1.95. The molecule has 29 heavy (non-hydrogen) atoms. The van der Waals surface area contributed by atoms with Crippen LogP contribution < -0.4 is 4.90 Å². The number of nitrogens with zero attached hydrogens (tertiary/aromatic N) is 5. The average Bonchev–Trinajstić information content (AvgIpc) is 3.20. The Morgan fingerprint density at radius 1 is 1.17 bits per heavy atom. The van der Waals surface area contributed by atoms with Crippen LogP contribution in [0.5, 0.6) is 0 Å². The number of likely N-dealkylation sites (tertiary alicyclic amines) is 1. The molecule has 0 radical (unpaired) electrons. The lowest BCUT2D eigenvalue weighted by molar-refractivity contribution is -0.181. The second-order valence-corrected chi connectivity index (χ2v) is 7.62. The molecule has 2 aliphatic rings. The second kappa shape index (κ2) is 8.42. The fraction of sp³-hybridized carbons (Fsp3) is 0.524. The fourth-order valence-corrected chi connectivity index (χ4v) is 3.78. The zero-order valence-corrected chi connectivity index (χ0v) is 17.0. The molecule has 2 saturated heterocycles. The molecule has 2 aromatic heterocycles. The first-order valence-corrected chi connectivity index (χ1v) is 10.1. The summed E-state index contributed by atoms with van der Waals surface area (Å²) in [6.07, 6.45) is 5.83. The summed E-state index contributed by atoms with van der Waals surface area (Å²) >= 11 is 0. The van der Waals surface area contributed by atoms with Crippen LogP contribution in [0, 0.1) is 6.92 Å². The molecular formula is C21H27N5O3. The van der Waals surface area contributed by atoms with Gasteiger partial charge < -0.3 is 19.3 Å². The van der Waals surface area contributed by atoms with Gasteiger partial charge in [0.25, 0.3) is 5.91 Å². The van der Waals surface area contributed by atoms with Crippen molar-refractivity contribution in [2.24, 2.45) is 0 Å². The van der Waals surface area contributed by atoms with Gasteiger partial charge in [-0.05, 0) is 37.1 Å². The summed E-state index contributed by atoms with van der Waals surface area (Å²) in [5.41, 5.74) is 2.42.